The summed E-state index contributed by atoms with van der Waals surface area (Å²) in [4.78, 5) is 146. The average molecular weight is 1520 g/mol. The van der Waals surface area contributed by atoms with E-state index in [2.05, 4.69) is 37.2 Å². The van der Waals surface area contributed by atoms with E-state index in [1.807, 2.05) is 13.8 Å². The fraction of sp³-hybridized carbons (Fsp3) is 0.452. The molecule has 20 atom stereocenters. The van der Waals surface area contributed by atoms with Crippen molar-refractivity contribution < 1.29 is 127 Å². The van der Waals surface area contributed by atoms with Crippen LogP contribution in [0.4, 0.5) is 0 Å². The van der Waals surface area contributed by atoms with E-state index >= 15 is 19.2 Å². The Morgan fingerprint density at radius 2 is 1.21 bits per heavy atom. The minimum atomic E-state index is -2.32. The standard InChI is InChI=1S/C73H86N10O26/c1-28(2)18-40(77-7)64(94)82-54-56(89)31-8-13-36(14-9-31)104-44-20-34-21-45(60(44)109-71-61(58(91)57(90)46(27-84)106-71)108-49-26-73(6,76)63(93)30(4)103-49)105-37-15-10-32(11-16-37)59(107-48-25-72(5,75)62(92)29(3)102-48)55-69(99)81-53(70(100)101)39-22-35(85)23-43(87)50(39)38-19-33(12-17-42(38)86)51(66(96)83-55)80-67(97)52(34)79-65(95)41(24-47(74)88)78-68(54)98/h8-17,19-23,28-30,40-41,46,48-49,51-59,61,71,77,84-87,89-91H,18,24-27,75-76H2,1-7H3,(H2,74,88)(H,78,98)(H,79,95)(H,80,97)(H,81,99)(H,82,94)(H,83,96)(H,100,101)/t29-,30-,40+,41-,46+,48-,49-,51+,52+,53-,54+,55-,56+,57+,58-,59+,61+,71-,72-,73-/m0/s1. The van der Waals surface area contributed by atoms with E-state index < -0.39 is 256 Å². The lowest BCUT2D eigenvalue weighted by Crippen LogP contribution is -2.63. The number of phenols is 3. The molecule has 5 aromatic rings. The number of carbonyl (C=O) groups excluding carboxylic acids is 9. The van der Waals surface area contributed by atoms with Gasteiger partial charge >= 0.3 is 5.97 Å². The van der Waals surface area contributed by atoms with Gasteiger partial charge in [-0.15, -0.1) is 0 Å². The Kier molecular flexibility index (Phi) is 23.4. The van der Waals surface area contributed by atoms with Gasteiger partial charge in [0.25, 0.3) is 0 Å². The number of ketones is 2. The molecule has 0 radical (unpaired) electrons. The van der Waals surface area contributed by atoms with Crippen LogP contribution in [0.1, 0.15) is 125 Å². The van der Waals surface area contributed by atoms with Gasteiger partial charge in [-0.1, -0.05) is 44.2 Å². The van der Waals surface area contributed by atoms with Crippen molar-refractivity contribution >= 4 is 58.9 Å². The highest BCUT2D eigenvalue weighted by atomic mass is 16.8. The number of aliphatic carboxylic acids is 1. The van der Waals surface area contributed by atoms with Crippen LogP contribution in [-0.4, -0.2) is 204 Å². The maximum Gasteiger partial charge on any atom is 0.330 e. The lowest BCUT2D eigenvalue weighted by molar-refractivity contribution is -0.323. The van der Waals surface area contributed by atoms with E-state index in [4.69, 9.17) is 55.1 Å². The number of nitrogens with one attached hydrogen (secondary N) is 7. The number of primary amides is 1. The first-order chi connectivity index (χ1) is 51.4. The number of carboxylic acids is 1. The van der Waals surface area contributed by atoms with Gasteiger partial charge in [0, 0.05) is 35.6 Å². The summed E-state index contributed by atoms with van der Waals surface area (Å²) in [5.41, 5.74) is 13.1. The van der Waals surface area contributed by atoms with Crippen molar-refractivity contribution in [2.45, 2.75) is 188 Å². The predicted octanol–water partition coefficient (Wildman–Crippen LogP) is -0.547. The minimum absolute atomic E-state index is 0.0504. The summed E-state index contributed by atoms with van der Waals surface area (Å²) < 4.78 is 51.3. The molecule has 11 bridgehead atoms. The summed E-state index contributed by atoms with van der Waals surface area (Å²) in [6.07, 6.45) is -20.4. The maximum atomic E-state index is 16.3. The molecule has 3 saturated heterocycles. The Bertz CT molecular complexity index is 4370. The molecule has 5 aromatic carbocycles. The molecule has 109 heavy (non-hydrogen) atoms. The van der Waals surface area contributed by atoms with Gasteiger partial charge in [0.2, 0.25) is 53.4 Å². The number of Topliss-reactive ketones (excluding diaryl/α,β-unsaturated/α-hetero) is 2. The third-order valence-corrected chi connectivity index (χ3v) is 19.6. The fourth-order valence-corrected chi connectivity index (χ4v) is 13.9. The van der Waals surface area contributed by atoms with Crippen LogP contribution in [0.15, 0.2) is 91.0 Å². The molecule has 0 saturated carbocycles. The number of carbonyl (C=O) groups is 10. The Morgan fingerprint density at radius 3 is 1.77 bits per heavy atom. The van der Waals surface area contributed by atoms with Crippen LogP contribution in [0, 0.1) is 5.92 Å². The first-order valence-electron chi connectivity index (χ1n) is 34.8. The van der Waals surface area contributed by atoms with Crippen LogP contribution < -0.4 is 68.6 Å². The van der Waals surface area contributed by atoms with Crippen LogP contribution in [0.3, 0.4) is 0 Å². The molecule has 8 aliphatic rings. The lowest BCUT2D eigenvalue weighted by Gasteiger charge is -2.45. The molecule has 13 rings (SSSR count). The molecule has 36 nitrogen and oxygen atoms in total. The van der Waals surface area contributed by atoms with Gasteiger partial charge in [0.1, 0.15) is 102 Å². The number of carboxylic acid groups (broad SMARTS) is 1. The number of phenolic OH excluding ortho intramolecular Hbond substituents is 3. The largest absolute Gasteiger partial charge is 0.508 e. The number of hydrogen-bond donors (Lipinski definition) is 18. The van der Waals surface area contributed by atoms with E-state index in [0.717, 1.165) is 42.5 Å². The molecule has 7 amide bonds. The lowest BCUT2D eigenvalue weighted by atomic mass is 9.88. The molecule has 0 aromatic heterocycles. The summed E-state index contributed by atoms with van der Waals surface area (Å²) in [5, 5.41) is 110. The van der Waals surface area contributed by atoms with Crippen LogP contribution in [0.25, 0.3) is 11.1 Å². The van der Waals surface area contributed by atoms with Crippen LogP contribution in [0.5, 0.6) is 46.0 Å². The van der Waals surface area contributed by atoms with Gasteiger partial charge in [-0.25, -0.2) is 4.79 Å². The van der Waals surface area contributed by atoms with Gasteiger partial charge in [-0.05, 0) is 124 Å². The number of likely N-dealkylation sites (N-methyl/N-ethyl adjacent to an activating group) is 1. The molecule has 584 valence electrons. The van der Waals surface area contributed by atoms with Crippen molar-refractivity contribution in [3.05, 3.63) is 119 Å². The molecule has 8 aliphatic heterocycles. The molecule has 0 spiro atoms. The van der Waals surface area contributed by atoms with E-state index in [9.17, 15) is 69.6 Å². The van der Waals surface area contributed by atoms with Crippen molar-refractivity contribution in [3.63, 3.8) is 0 Å². The molecule has 0 aliphatic carbocycles. The molecular weight excluding hydrogens is 1430 g/mol. The van der Waals surface area contributed by atoms with E-state index in [1.165, 1.54) is 83.3 Å². The van der Waals surface area contributed by atoms with Gasteiger partial charge in [0.05, 0.1) is 30.1 Å². The molecule has 3 fully saturated rings. The number of aliphatic hydroxyl groups excluding tert-OH is 4. The second kappa shape index (κ2) is 32.0. The highest BCUT2D eigenvalue weighted by molar-refractivity contribution is 6.01. The summed E-state index contributed by atoms with van der Waals surface area (Å²) in [5.74, 6) is -16.2. The van der Waals surface area contributed by atoms with Crippen molar-refractivity contribution in [2.75, 3.05) is 13.7 Å². The number of aliphatic hydroxyl groups is 4. The van der Waals surface area contributed by atoms with Gasteiger partial charge in [-0.3, -0.25) is 43.2 Å². The summed E-state index contributed by atoms with van der Waals surface area (Å²) in [6.45, 7) is 8.29. The molecule has 0 unspecified atom stereocenters. The zero-order valence-electron chi connectivity index (χ0n) is 59.8. The first-order valence-corrected chi connectivity index (χ1v) is 34.8. The highest BCUT2D eigenvalue weighted by Crippen LogP contribution is 2.49. The average Bonchev–Trinajstić information content (AvgIpc) is 0.766. The monoisotopic (exact) mass is 1520 g/mol. The topological polar surface area (TPSA) is 569 Å². The Labute approximate surface area is 621 Å². The normalized spacial score (nSPS) is 31.1. The van der Waals surface area contributed by atoms with E-state index in [1.54, 1.807) is 0 Å². The van der Waals surface area contributed by atoms with Gasteiger partial charge < -0.3 is 133 Å². The van der Waals surface area contributed by atoms with Gasteiger partial charge in [-0.2, -0.15) is 0 Å². The van der Waals surface area contributed by atoms with Crippen LogP contribution in [-0.2, 0) is 71.6 Å². The highest BCUT2D eigenvalue weighted by Gasteiger charge is 2.52. The van der Waals surface area contributed by atoms with Crippen molar-refractivity contribution in [3.8, 4) is 57.1 Å². The fourth-order valence-electron chi connectivity index (χ4n) is 13.9. The number of aromatic hydroxyl groups is 3. The summed E-state index contributed by atoms with van der Waals surface area (Å²) in [6, 6.07) is 3.19. The number of amides is 7. The zero-order chi connectivity index (χ0) is 79.2. The Morgan fingerprint density at radius 1 is 0.651 bits per heavy atom. The first kappa shape index (κ1) is 79.6. The van der Waals surface area contributed by atoms with Gasteiger partial charge in [0.15, 0.2) is 47.8 Å². The molecule has 21 N–H and O–H groups in total. The number of nitrogens with two attached hydrogens (primary N) is 3. The third kappa shape index (κ3) is 17.0. The quantitative estimate of drug-likeness (QED) is 0.0625. The number of benzene rings is 5. The molecular formula is C73H86N10O26. The van der Waals surface area contributed by atoms with Crippen LogP contribution >= 0.6 is 0 Å². The smallest absolute Gasteiger partial charge is 0.330 e. The second-order valence-corrected chi connectivity index (χ2v) is 28.5. The molecule has 8 heterocycles. The van der Waals surface area contributed by atoms with Crippen molar-refractivity contribution in [2.24, 2.45) is 23.1 Å². The number of hydrogen-bond acceptors (Lipinski definition) is 28. The van der Waals surface area contributed by atoms with E-state index in [-0.39, 0.29) is 46.9 Å². The number of rotatable bonds is 15. The second-order valence-electron chi connectivity index (χ2n) is 28.5. The number of fused-ring (bicyclic) bond motifs is 15. The third-order valence-electron chi connectivity index (χ3n) is 19.6. The summed E-state index contributed by atoms with van der Waals surface area (Å²) in [7, 11) is 1.49. The van der Waals surface area contributed by atoms with Crippen molar-refractivity contribution in [1.82, 2.24) is 37.2 Å². The molecule has 36 heteroatoms. The number of ether oxygens (including phenoxy) is 8. The maximum absolute atomic E-state index is 16.3. The Hall–Kier alpha value is -10.5. The van der Waals surface area contributed by atoms with Crippen LogP contribution in [0.2, 0.25) is 0 Å². The minimum Gasteiger partial charge on any atom is -0.508 e. The summed E-state index contributed by atoms with van der Waals surface area (Å²) >= 11 is 0. The zero-order valence-corrected chi connectivity index (χ0v) is 59.8. The predicted molar refractivity (Wildman–Crippen MR) is 374 cm³/mol. The SMILES string of the molecule is CN[C@H](CC(C)C)C(=O)N[C@H]1C(=O)N[C@@H](CC(N)=O)C(=O)N[C@H]2C(=O)N[C@H]3C(=O)N[C@H](C(=O)N[C@H](C(=O)O)c4cc(O)cc(O)c4-c4cc3ccc4O)[C@H](O[C@H]3C[C@](C)(N)C(=O)[C@H](C)O3)c3ccc(cc3)Oc3cc2cc(c3O[C@@H]2O[C@H](CO)[C@@H](O)[C@H](O)[C@H]2O[C@H]2C[C@](C)(N)C(=O)[C@H](C)O2)Oc2ccc(cc2)[C@H]1O. The van der Waals surface area contributed by atoms with E-state index in [0.29, 0.717) is 0 Å². The van der Waals surface area contributed by atoms with Crippen molar-refractivity contribution in [1.29, 1.82) is 0 Å². The Balaban J connectivity index is 1.17.